The van der Waals surface area contributed by atoms with E-state index in [2.05, 4.69) is 31.1 Å². The third-order valence-electron chi connectivity index (χ3n) is 5.30. The topological polar surface area (TPSA) is 55.1 Å². The Morgan fingerprint density at radius 2 is 2.18 bits per heavy atom. The van der Waals surface area contributed by atoms with Gasteiger partial charge in [-0.2, -0.15) is 0 Å². The fraction of sp³-hybridized carbons (Fsp3) is 0.778. The molecule has 0 radical (unpaired) electrons. The van der Waals surface area contributed by atoms with Crippen molar-refractivity contribution in [1.82, 2.24) is 10.3 Å². The van der Waals surface area contributed by atoms with Crippen molar-refractivity contribution in [2.45, 2.75) is 64.7 Å². The van der Waals surface area contributed by atoms with E-state index in [-0.39, 0.29) is 11.3 Å². The van der Waals surface area contributed by atoms with Crippen LogP contribution in [0.1, 0.15) is 64.5 Å². The monoisotopic (exact) mass is 304 g/mol. The highest BCUT2D eigenvalue weighted by Gasteiger charge is 2.39. The molecule has 1 aromatic heterocycles. The minimum atomic E-state index is -0.0324. The summed E-state index contributed by atoms with van der Waals surface area (Å²) in [5, 5.41) is 3.11. The predicted octanol–water partition coefficient (Wildman–Crippen LogP) is 3.46. The zero-order valence-electron chi connectivity index (χ0n) is 14.0. The first-order valence-electron chi connectivity index (χ1n) is 8.63. The van der Waals surface area contributed by atoms with Crippen molar-refractivity contribution < 1.29 is 9.21 Å². The van der Waals surface area contributed by atoms with Gasteiger partial charge in [-0.15, -0.1) is 0 Å². The van der Waals surface area contributed by atoms with Crippen LogP contribution in [-0.2, 0) is 16.6 Å². The van der Waals surface area contributed by atoms with Gasteiger partial charge in [-0.1, -0.05) is 27.2 Å². The minimum Gasteiger partial charge on any atom is -0.445 e. The Balaban J connectivity index is 1.40. The van der Waals surface area contributed by atoms with Gasteiger partial charge in [0.1, 0.15) is 5.76 Å². The maximum atomic E-state index is 12.0. The Labute approximate surface area is 133 Å². The summed E-state index contributed by atoms with van der Waals surface area (Å²) in [6.45, 7) is 7.15. The molecular weight excluding hydrogens is 276 g/mol. The summed E-state index contributed by atoms with van der Waals surface area (Å²) >= 11 is 0. The molecule has 2 fully saturated rings. The number of nitrogens with zero attached hydrogens (tertiary/aromatic N) is 1. The van der Waals surface area contributed by atoms with Gasteiger partial charge < -0.3 is 9.73 Å². The number of rotatable bonds is 5. The number of aromatic nitrogens is 1. The molecule has 4 heteroatoms. The third kappa shape index (κ3) is 3.53. The number of amides is 1. The number of aryl methyl sites for hydroxylation is 1. The highest BCUT2D eigenvalue weighted by Crippen LogP contribution is 2.47. The van der Waals surface area contributed by atoms with Crippen molar-refractivity contribution in [3.8, 4) is 0 Å². The summed E-state index contributed by atoms with van der Waals surface area (Å²) in [4.78, 5) is 16.3. The molecule has 0 saturated heterocycles. The van der Waals surface area contributed by atoms with Crippen molar-refractivity contribution in [3.63, 3.8) is 0 Å². The van der Waals surface area contributed by atoms with Crippen molar-refractivity contribution >= 4 is 5.91 Å². The molecule has 0 spiro atoms. The number of hydrogen-bond acceptors (Lipinski definition) is 3. The number of carbonyl (C=O) groups excluding carboxylic acids is 1. The molecule has 2 aliphatic carbocycles. The first kappa shape index (κ1) is 15.6. The largest absolute Gasteiger partial charge is 0.445 e. The van der Waals surface area contributed by atoms with Gasteiger partial charge in [0.2, 0.25) is 5.91 Å². The highest BCUT2D eigenvalue weighted by atomic mass is 16.4. The molecule has 1 aromatic rings. The van der Waals surface area contributed by atoms with Crippen LogP contribution < -0.4 is 5.32 Å². The van der Waals surface area contributed by atoms with Gasteiger partial charge in [0.25, 0.3) is 0 Å². The average molecular weight is 304 g/mol. The van der Waals surface area contributed by atoms with E-state index in [1.165, 1.54) is 25.7 Å². The van der Waals surface area contributed by atoms with Gasteiger partial charge in [0, 0.05) is 24.8 Å². The normalized spacial score (nSPS) is 27.3. The molecule has 3 atom stereocenters. The first-order valence-corrected chi connectivity index (χ1v) is 8.63. The Morgan fingerprint density at radius 3 is 2.77 bits per heavy atom. The SMILES string of the molecule is CC(C)(C)c1cnc(CCC(=O)NC[C@@H]2C[C@H]3CC[C@H]2C3)o1. The van der Waals surface area contributed by atoms with Crippen LogP contribution in [0.4, 0.5) is 0 Å². The van der Waals surface area contributed by atoms with Crippen LogP contribution in [0.3, 0.4) is 0 Å². The van der Waals surface area contributed by atoms with Gasteiger partial charge in [-0.05, 0) is 37.0 Å². The molecule has 1 heterocycles. The second kappa shape index (κ2) is 6.05. The predicted molar refractivity (Wildman–Crippen MR) is 85.5 cm³/mol. The Bertz CT molecular complexity index is 529. The molecule has 2 bridgehead atoms. The summed E-state index contributed by atoms with van der Waals surface area (Å²) in [5.74, 6) is 4.20. The van der Waals surface area contributed by atoms with E-state index in [4.69, 9.17) is 4.42 Å². The van der Waals surface area contributed by atoms with Crippen molar-refractivity contribution in [3.05, 3.63) is 17.8 Å². The van der Waals surface area contributed by atoms with E-state index in [1.54, 1.807) is 6.20 Å². The molecule has 122 valence electrons. The molecule has 2 saturated carbocycles. The Hall–Kier alpha value is -1.32. The molecular formula is C18H28N2O2. The number of hydrogen-bond donors (Lipinski definition) is 1. The van der Waals surface area contributed by atoms with Gasteiger partial charge in [0.15, 0.2) is 5.89 Å². The molecule has 0 unspecified atom stereocenters. The molecule has 4 nitrogen and oxygen atoms in total. The lowest BCUT2D eigenvalue weighted by molar-refractivity contribution is -0.121. The lowest BCUT2D eigenvalue weighted by Gasteiger charge is -2.21. The van der Waals surface area contributed by atoms with Gasteiger partial charge in [0.05, 0.1) is 6.20 Å². The van der Waals surface area contributed by atoms with E-state index in [1.807, 2.05) is 0 Å². The van der Waals surface area contributed by atoms with Crippen molar-refractivity contribution in [1.29, 1.82) is 0 Å². The van der Waals surface area contributed by atoms with Crippen LogP contribution in [0, 0.1) is 17.8 Å². The van der Waals surface area contributed by atoms with Crippen LogP contribution in [0.25, 0.3) is 0 Å². The van der Waals surface area contributed by atoms with Gasteiger partial charge in [-0.25, -0.2) is 4.98 Å². The molecule has 2 aliphatic rings. The third-order valence-corrected chi connectivity index (χ3v) is 5.30. The zero-order chi connectivity index (χ0) is 15.7. The fourth-order valence-corrected chi connectivity index (χ4v) is 3.95. The number of fused-ring (bicyclic) bond motifs is 2. The molecule has 22 heavy (non-hydrogen) atoms. The van der Waals surface area contributed by atoms with Crippen LogP contribution in [-0.4, -0.2) is 17.4 Å². The van der Waals surface area contributed by atoms with Crippen LogP contribution in [0.2, 0.25) is 0 Å². The van der Waals surface area contributed by atoms with E-state index < -0.39 is 0 Å². The summed E-state index contributed by atoms with van der Waals surface area (Å²) in [7, 11) is 0. The molecule has 1 N–H and O–H groups in total. The first-order chi connectivity index (χ1) is 10.4. The van der Waals surface area contributed by atoms with Gasteiger partial charge >= 0.3 is 0 Å². The fourth-order valence-electron chi connectivity index (χ4n) is 3.95. The average Bonchev–Trinajstić information content (AvgIpc) is 3.17. The number of carbonyl (C=O) groups is 1. The Morgan fingerprint density at radius 1 is 1.36 bits per heavy atom. The summed E-state index contributed by atoms with van der Waals surface area (Å²) in [5.41, 5.74) is -0.0324. The molecule has 0 aromatic carbocycles. The van der Waals surface area contributed by atoms with Crippen molar-refractivity contribution in [2.24, 2.45) is 17.8 Å². The van der Waals surface area contributed by atoms with Crippen LogP contribution in [0.5, 0.6) is 0 Å². The van der Waals surface area contributed by atoms with Crippen LogP contribution in [0.15, 0.2) is 10.6 Å². The van der Waals surface area contributed by atoms with Gasteiger partial charge in [-0.3, -0.25) is 4.79 Å². The van der Waals surface area contributed by atoms with Crippen LogP contribution >= 0.6 is 0 Å². The second-order valence-corrected chi connectivity index (χ2v) is 8.11. The van der Waals surface area contributed by atoms with E-state index in [9.17, 15) is 4.79 Å². The zero-order valence-corrected chi connectivity index (χ0v) is 14.0. The van der Waals surface area contributed by atoms with E-state index in [0.29, 0.717) is 18.7 Å². The number of nitrogens with one attached hydrogen (secondary N) is 1. The smallest absolute Gasteiger partial charge is 0.220 e. The quantitative estimate of drug-likeness (QED) is 0.906. The van der Waals surface area contributed by atoms with Crippen molar-refractivity contribution in [2.75, 3.05) is 6.54 Å². The lowest BCUT2D eigenvalue weighted by Crippen LogP contribution is -2.31. The standard InChI is InChI=1S/C18H28N2O2/c1-18(2,3)15-11-20-17(22-15)7-6-16(21)19-10-14-9-12-4-5-13(14)8-12/h11-14H,4-10H2,1-3H3,(H,19,21)/t12-,13-,14-/m0/s1. The summed E-state index contributed by atoms with van der Waals surface area (Å²) in [6, 6.07) is 0. The Kier molecular flexibility index (Phi) is 4.28. The van der Waals surface area contributed by atoms with E-state index in [0.717, 1.165) is 30.1 Å². The highest BCUT2D eigenvalue weighted by molar-refractivity contribution is 5.76. The lowest BCUT2D eigenvalue weighted by atomic mass is 9.89. The minimum absolute atomic E-state index is 0.0324. The molecule has 0 aliphatic heterocycles. The number of oxazole rings is 1. The van der Waals surface area contributed by atoms with E-state index >= 15 is 0 Å². The summed E-state index contributed by atoms with van der Waals surface area (Å²) in [6.07, 6.45) is 8.32. The molecule has 3 rings (SSSR count). The molecule has 1 amide bonds. The summed E-state index contributed by atoms with van der Waals surface area (Å²) < 4.78 is 5.73. The maximum Gasteiger partial charge on any atom is 0.220 e. The second-order valence-electron chi connectivity index (χ2n) is 8.11. The maximum absolute atomic E-state index is 12.0.